The maximum absolute atomic E-state index is 12.3. The van der Waals surface area contributed by atoms with Crippen LogP contribution in [0.25, 0.3) is 0 Å². The van der Waals surface area contributed by atoms with E-state index in [0.29, 0.717) is 12.3 Å². The molecule has 0 heterocycles. The van der Waals surface area contributed by atoms with Crippen LogP contribution in [0.15, 0.2) is 59.5 Å². The topological polar surface area (TPSA) is 38.3 Å². The largest absolute Gasteiger partial charge is 0.497 e. The molecule has 1 N–H and O–H groups in total. The Balaban J connectivity index is 1.88. The number of hydrogen-bond donors (Lipinski definition) is 1. The first-order valence-electron chi connectivity index (χ1n) is 8.21. The van der Waals surface area contributed by atoms with E-state index in [4.69, 9.17) is 4.74 Å². The predicted octanol–water partition coefficient (Wildman–Crippen LogP) is 4.69. The van der Waals surface area contributed by atoms with Crippen molar-refractivity contribution in [2.75, 3.05) is 12.9 Å². The van der Waals surface area contributed by atoms with Crippen molar-refractivity contribution in [2.24, 2.45) is 5.92 Å². The Bertz CT molecular complexity index is 626. The SMILES string of the molecule is COc1ccc(C(NC(=O)CCSc2ccccc2)C(C)C)cc1. The molecule has 0 aliphatic heterocycles. The lowest BCUT2D eigenvalue weighted by Crippen LogP contribution is -2.31. The fourth-order valence-electron chi connectivity index (χ4n) is 2.47. The number of ether oxygens (including phenoxy) is 1. The van der Waals surface area contributed by atoms with E-state index in [-0.39, 0.29) is 11.9 Å². The standard InChI is InChI=1S/C20H25NO2S/c1-15(2)20(16-9-11-17(23-3)12-10-16)21-19(22)13-14-24-18-7-5-4-6-8-18/h4-12,15,20H,13-14H2,1-3H3,(H,21,22). The number of methoxy groups -OCH3 is 1. The lowest BCUT2D eigenvalue weighted by Gasteiger charge is -2.23. The van der Waals surface area contributed by atoms with Crippen molar-refractivity contribution >= 4 is 17.7 Å². The van der Waals surface area contributed by atoms with Crippen molar-refractivity contribution in [2.45, 2.75) is 31.2 Å². The van der Waals surface area contributed by atoms with Crippen LogP contribution < -0.4 is 10.1 Å². The summed E-state index contributed by atoms with van der Waals surface area (Å²) < 4.78 is 5.20. The van der Waals surface area contributed by atoms with E-state index in [2.05, 4.69) is 31.3 Å². The monoisotopic (exact) mass is 343 g/mol. The molecule has 0 aromatic heterocycles. The first-order valence-corrected chi connectivity index (χ1v) is 9.20. The van der Waals surface area contributed by atoms with Crippen LogP contribution in [0.2, 0.25) is 0 Å². The zero-order chi connectivity index (χ0) is 17.4. The third-order valence-electron chi connectivity index (χ3n) is 3.80. The number of carbonyl (C=O) groups is 1. The van der Waals surface area contributed by atoms with Gasteiger partial charge in [0.2, 0.25) is 5.91 Å². The van der Waals surface area contributed by atoms with Gasteiger partial charge in [-0.15, -0.1) is 11.8 Å². The molecule has 0 radical (unpaired) electrons. The minimum absolute atomic E-state index is 0.0186. The van der Waals surface area contributed by atoms with Crippen LogP contribution in [0, 0.1) is 5.92 Å². The molecular weight excluding hydrogens is 318 g/mol. The highest BCUT2D eigenvalue weighted by Gasteiger charge is 2.18. The number of benzene rings is 2. The van der Waals surface area contributed by atoms with Crippen LogP contribution in [-0.4, -0.2) is 18.8 Å². The first kappa shape index (κ1) is 18.4. The number of thioether (sulfide) groups is 1. The summed E-state index contributed by atoms with van der Waals surface area (Å²) in [4.78, 5) is 13.5. The molecule has 1 amide bonds. The van der Waals surface area contributed by atoms with E-state index >= 15 is 0 Å². The lowest BCUT2D eigenvalue weighted by atomic mass is 9.96. The lowest BCUT2D eigenvalue weighted by molar-refractivity contribution is -0.121. The molecule has 0 bridgehead atoms. The Labute approximate surface area is 148 Å². The number of rotatable bonds is 8. The zero-order valence-corrected chi connectivity index (χ0v) is 15.3. The quantitative estimate of drug-likeness (QED) is 0.707. The Morgan fingerprint density at radius 2 is 1.75 bits per heavy atom. The van der Waals surface area contributed by atoms with Crippen LogP contribution in [0.4, 0.5) is 0 Å². The van der Waals surface area contributed by atoms with Gasteiger partial charge < -0.3 is 10.1 Å². The third kappa shape index (κ3) is 5.60. The smallest absolute Gasteiger partial charge is 0.221 e. The van der Waals surface area contributed by atoms with Gasteiger partial charge in [0, 0.05) is 17.1 Å². The summed E-state index contributed by atoms with van der Waals surface area (Å²) in [6.07, 6.45) is 0.513. The molecule has 2 aromatic rings. The van der Waals surface area contributed by atoms with E-state index in [9.17, 15) is 4.79 Å². The van der Waals surface area contributed by atoms with Gasteiger partial charge in [-0.1, -0.05) is 44.2 Å². The Morgan fingerprint density at radius 1 is 1.08 bits per heavy atom. The van der Waals surface area contributed by atoms with Crippen molar-refractivity contribution in [3.05, 3.63) is 60.2 Å². The number of hydrogen-bond acceptors (Lipinski definition) is 3. The summed E-state index contributed by atoms with van der Waals surface area (Å²) >= 11 is 1.71. The van der Waals surface area contributed by atoms with Gasteiger partial charge in [0.05, 0.1) is 13.2 Å². The van der Waals surface area contributed by atoms with Gasteiger partial charge in [-0.2, -0.15) is 0 Å². The number of amides is 1. The fourth-order valence-corrected chi connectivity index (χ4v) is 3.34. The molecule has 0 spiro atoms. The van der Waals surface area contributed by atoms with E-state index in [0.717, 1.165) is 17.1 Å². The van der Waals surface area contributed by atoms with Crippen molar-refractivity contribution in [1.29, 1.82) is 0 Å². The van der Waals surface area contributed by atoms with Gasteiger partial charge >= 0.3 is 0 Å². The van der Waals surface area contributed by atoms with Gasteiger partial charge in [0.1, 0.15) is 5.75 Å². The first-order chi connectivity index (χ1) is 11.6. The van der Waals surface area contributed by atoms with Gasteiger partial charge in [-0.05, 0) is 35.7 Å². The van der Waals surface area contributed by atoms with E-state index in [1.165, 1.54) is 4.90 Å². The Kier molecular flexibility index (Phi) is 7.19. The average Bonchev–Trinajstić information content (AvgIpc) is 2.60. The van der Waals surface area contributed by atoms with Gasteiger partial charge in [-0.25, -0.2) is 0 Å². The minimum atomic E-state index is 0.0186. The summed E-state index contributed by atoms with van der Waals surface area (Å²) in [5, 5.41) is 3.16. The molecule has 0 aliphatic rings. The second-order valence-corrected chi connectivity index (χ2v) is 7.14. The molecule has 128 valence electrons. The highest BCUT2D eigenvalue weighted by atomic mass is 32.2. The van der Waals surface area contributed by atoms with Crippen molar-refractivity contribution in [3.63, 3.8) is 0 Å². The second-order valence-electron chi connectivity index (χ2n) is 5.97. The van der Waals surface area contributed by atoms with Crippen LogP contribution in [-0.2, 0) is 4.79 Å². The maximum atomic E-state index is 12.3. The molecule has 0 saturated carbocycles. The van der Waals surface area contributed by atoms with Gasteiger partial charge in [-0.3, -0.25) is 4.79 Å². The van der Waals surface area contributed by atoms with Crippen molar-refractivity contribution in [1.82, 2.24) is 5.32 Å². The van der Waals surface area contributed by atoms with Gasteiger partial charge in [0.25, 0.3) is 0 Å². The summed E-state index contributed by atoms with van der Waals surface area (Å²) in [7, 11) is 1.65. The molecule has 1 unspecified atom stereocenters. The van der Waals surface area contributed by atoms with E-state index in [1.807, 2.05) is 42.5 Å². The van der Waals surface area contributed by atoms with Crippen molar-refractivity contribution < 1.29 is 9.53 Å². The van der Waals surface area contributed by atoms with Gasteiger partial charge in [0.15, 0.2) is 0 Å². The summed E-state index contributed by atoms with van der Waals surface area (Å²) in [5.41, 5.74) is 1.11. The zero-order valence-electron chi connectivity index (χ0n) is 14.5. The van der Waals surface area contributed by atoms with E-state index < -0.39 is 0 Å². The van der Waals surface area contributed by atoms with Crippen LogP contribution >= 0.6 is 11.8 Å². The van der Waals surface area contributed by atoms with Crippen LogP contribution in [0.5, 0.6) is 5.75 Å². The van der Waals surface area contributed by atoms with Crippen molar-refractivity contribution in [3.8, 4) is 5.75 Å². The summed E-state index contributed by atoms with van der Waals surface area (Å²) in [5.74, 6) is 2.02. The Hall–Kier alpha value is -1.94. The molecule has 0 fully saturated rings. The molecule has 2 rings (SSSR count). The number of nitrogens with one attached hydrogen (secondary N) is 1. The van der Waals surface area contributed by atoms with E-state index in [1.54, 1.807) is 18.9 Å². The maximum Gasteiger partial charge on any atom is 0.221 e. The second kappa shape index (κ2) is 9.38. The third-order valence-corrected chi connectivity index (χ3v) is 4.81. The number of carbonyl (C=O) groups excluding carboxylic acids is 1. The minimum Gasteiger partial charge on any atom is -0.497 e. The van der Waals surface area contributed by atoms with Crippen LogP contribution in [0.1, 0.15) is 31.9 Å². The molecular formula is C20H25NO2S. The molecule has 0 saturated heterocycles. The molecule has 3 nitrogen and oxygen atoms in total. The molecule has 0 aliphatic carbocycles. The summed E-state index contributed by atoms with van der Waals surface area (Å²) in [6.45, 7) is 4.24. The molecule has 24 heavy (non-hydrogen) atoms. The molecule has 2 aromatic carbocycles. The summed E-state index contributed by atoms with van der Waals surface area (Å²) in [6, 6.07) is 18.1. The van der Waals surface area contributed by atoms with Crippen LogP contribution in [0.3, 0.4) is 0 Å². The Morgan fingerprint density at radius 3 is 2.33 bits per heavy atom. The highest BCUT2D eigenvalue weighted by molar-refractivity contribution is 7.99. The molecule has 4 heteroatoms. The fraction of sp³-hybridized carbons (Fsp3) is 0.350. The highest BCUT2D eigenvalue weighted by Crippen LogP contribution is 2.24. The predicted molar refractivity (Wildman–Crippen MR) is 100 cm³/mol. The normalized spacial score (nSPS) is 12.0. The average molecular weight is 343 g/mol. The molecule has 1 atom stereocenters.